The fourth-order valence-corrected chi connectivity index (χ4v) is 3.12. The summed E-state index contributed by atoms with van der Waals surface area (Å²) in [5.41, 5.74) is 2.27. The van der Waals surface area contributed by atoms with Gasteiger partial charge in [-0.2, -0.15) is 10.2 Å². The van der Waals surface area contributed by atoms with Crippen LogP contribution in [0, 0.1) is 0 Å². The van der Waals surface area contributed by atoms with Crippen LogP contribution in [-0.4, -0.2) is 45.7 Å². The van der Waals surface area contributed by atoms with E-state index in [2.05, 4.69) is 10.2 Å². The van der Waals surface area contributed by atoms with Crippen LogP contribution in [0.1, 0.15) is 20.8 Å². The molecule has 0 saturated heterocycles. The molecule has 0 spiro atoms. The van der Waals surface area contributed by atoms with Crippen LogP contribution in [0.2, 0.25) is 0 Å². The van der Waals surface area contributed by atoms with Gasteiger partial charge in [-0.1, -0.05) is 36.4 Å². The molecule has 0 N–H and O–H groups in total. The Balaban J connectivity index is 1.94. The van der Waals surface area contributed by atoms with Crippen LogP contribution in [0.5, 0.6) is 0 Å². The molecule has 0 fully saturated rings. The number of nitrogens with zero attached hydrogens (tertiary/aromatic N) is 4. The summed E-state index contributed by atoms with van der Waals surface area (Å²) in [6.45, 7) is 0. The van der Waals surface area contributed by atoms with Gasteiger partial charge in [-0.15, -0.1) is 0 Å². The molecule has 8 nitrogen and oxygen atoms in total. The number of esters is 2. The minimum atomic E-state index is -0.701. The molecule has 0 aliphatic rings. The topological polar surface area (TPSA) is 88.2 Å². The molecule has 30 heavy (non-hydrogen) atoms. The second kappa shape index (κ2) is 8.04. The Labute approximate surface area is 172 Å². The highest BCUT2D eigenvalue weighted by atomic mass is 16.5. The Morgan fingerprint density at radius 2 is 1.43 bits per heavy atom. The average Bonchev–Trinajstić information content (AvgIpc) is 3.44. The zero-order chi connectivity index (χ0) is 21.1. The third-order valence-electron chi connectivity index (χ3n) is 4.53. The number of rotatable bonds is 5. The van der Waals surface area contributed by atoms with E-state index in [1.807, 2.05) is 48.5 Å². The maximum atomic E-state index is 12.7. The Bertz CT molecular complexity index is 1200. The zero-order valence-electron chi connectivity index (χ0n) is 16.4. The molecule has 0 bridgehead atoms. The predicted octanol–water partition coefficient (Wildman–Crippen LogP) is 3.30. The van der Waals surface area contributed by atoms with Crippen LogP contribution in [0.25, 0.3) is 22.6 Å². The van der Waals surface area contributed by atoms with E-state index in [1.165, 1.54) is 18.9 Å². The fraction of sp³-hybridized carbons (Fsp3) is 0.0909. The van der Waals surface area contributed by atoms with Crippen molar-refractivity contribution in [3.63, 3.8) is 0 Å². The summed E-state index contributed by atoms with van der Waals surface area (Å²) in [6.07, 6.45) is 3.32. The minimum absolute atomic E-state index is 0.0146. The first-order valence-corrected chi connectivity index (χ1v) is 9.09. The van der Waals surface area contributed by atoms with E-state index in [9.17, 15) is 9.59 Å². The maximum absolute atomic E-state index is 12.7. The minimum Gasteiger partial charge on any atom is -0.465 e. The van der Waals surface area contributed by atoms with E-state index >= 15 is 0 Å². The first-order valence-electron chi connectivity index (χ1n) is 9.09. The van der Waals surface area contributed by atoms with Crippen LogP contribution in [0.15, 0.2) is 73.1 Å². The van der Waals surface area contributed by atoms with Crippen LogP contribution >= 0.6 is 0 Å². The number of benzene rings is 2. The lowest BCUT2D eigenvalue weighted by molar-refractivity contribution is 0.0549. The molecule has 8 heteroatoms. The van der Waals surface area contributed by atoms with Crippen molar-refractivity contribution in [3.8, 4) is 22.6 Å². The van der Waals surface area contributed by atoms with Gasteiger partial charge in [-0.05, 0) is 24.3 Å². The van der Waals surface area contributed by atoms with Crippen molar-refractivity contribution in [1.29, 1.82) is 0 Å². The third kappa shape index (κ3) is 3.35. The summed E-state index contributed by atoms with van der Waals surface area (Å²) < 4.78 is 12.9. The zero-order valence-corrected chi connectivity index (χ0v) is 16.4. The van der Waals surface area contributed by atoms with Gasteiger partial charge in [-0.25, -0.2) is 19.0 Å². The molecule has 2 aromatic heterocycles. The van der Waals surface area contributed by atoms with Crippen molar-refractivity contribution in [2.24, 2.45) is 0 Å². The number of hydrogen-bond donors (Lipinski definition) is 0. The second-order valence-corrected chi connectivity index (χ2v) is 6.31. The van der Waals surface area contributed by atoms with Crippen LogP contribution < -0.4 is 0 Å². The monoisotopic (exact) mass is 402 g/mol. The number of ether oxygens (including phenoxy) is 2. The van der Waals surface area contributed by atoms with Crippen molar-refractivity contribution in [1.82, 2.24) is 19.6 Å². The lowest BCUT2D eigenvalue weighted by atomic mass is 10.1. The summed E-state index contributed by atoms with van der Waals surface area (Å²) in [5.74, 6) is -1.39. The van der Waals surface area contributed by atoms with E-state index in [0.717, 1.165) is 5.69 Å². The summed E-state index contributed by atoms with van der Waals surface area (Å²) >= 11 is 0. The van der Waals surface area contributed by atoms with Crippen LogP contribution in [0.3, 0.4) is 0 Å². The van der Waals surface area contributed by atoms with Crippen LogP contribution in [-0.2, 0) is 9.47 Å². The number of methoxy groups -OCH3 is 2. The number of aromatic nitrogens is 4. The largest absolute Gasteiger partial charge is 0.465 e. The number of hydrogen-bond acceptors (Lipinski definition) is 6. The predicted molar refractivity (Wildman–Crippen MR) is 109 cm³/mol. The summed E-state index contributed by atoms with van der Waals surface area (Å²) in [7, 11) is 2.50. The molecule has 4 rings (SSSR count). The molecule has 0 aliphatic heterocycles. The van der Waals surface area contributed by atoms with E-state index in [-0.39, 0.29) is 17.0 Å². The van der Waals surface area contributed by atoms with Gasteiger partial charge < -0.3 is 9.47 Å². The average molecular weight is 402 g/mol. The molecule has 0 saturated carbocycles. The van der Waals surface area contributed by atoms with Crippen molar-refractivity contribution in [2.45, 2.75) is 0 Å². The van der Waals surface area contributed by atoms with Gasteiger partial charge in [-0.3, -0.25) is 0 Å². The number of carbonyl (C=O) groups excluding carboxylic acids is 2. The molecular formula is C22H18N4O4. The quantitative estimate of drug-likeness (QED) is 0.476. The number of para-hydroxylation sites is 2. The molecule has 0 aliphatic carbocycles. The van der Waals surface area contributed by atoms with E-state index in [0.29, 0.717) is 11.3 Å². The highest BCUT2D eigenvalue weighted by Crippen LogP contribution is 2.29. The normalized spacial score (nSPS) is 10.6. The molecule has 4 aromatic rings. The Hall–Kier alpha value is -4.20. The van der Waals surface area contributed by atoms with Crippen LogP contribution in [0.4, 0.5) is 0 Å². The van der Waals surface area contributed by atoms with Crippen molar-refractivity contribution < 1.29 is 19.1 Å². The smallest absolute Gasteiger partial charge is 0.357 e. The van der Waals surface area contributed by atoms with E-state index in [4.69, 9.17) is 9.47 Å². The Morgan fingerprint density at radius 3 is 2.03 bits per heavy atom. The second-order valence-electron chi connectivity index (χ2n) is 6.31. The molecular weight excluding hydrogens is 384 g/mol. The highest BCUT2D eigenvalue weighted by Gasteiger charge is 2.31. The Morgan fingerprint density at radius 1 is 0.833 bits per heavy atom. The first kappa shape index (κ1) is 19.1. The SMILES string of the molecule is COC(=O)c1c(-c2cnn(-c3ccccc3)c2)nn(-c2ccccc2)c1C(=O)OC. The maximum Gasteiger partial charge on any atom is 0.357 e. The third-order valence-corrected chi connectivity index (χ3v) is 4.53. The summed E-state index contributed by atoms with van der Waals surface area (Å²) in [6, 6.07) is 18.5. The highest BCUT2D eigenvalue weighted by molar-refractivity contribution is 6.06. The molecule has 2 heterocycles. The lowest BCUT2D eigenvalue weighted by Gasteiger charge is -2.07. The molecule has 0 radical (unpaired) electrons. The van der Waals surface area contributed by atoms with Gasteiger partial charge in [0.1, 0.15) is 11.3 Å². The number of carbonyl (C=O) groups is 2. The molecule has 150 valence electrons. The first-order chi connectivity index (χ1) is 14.6. The van der Waals surface area contributed by atoms with Gasteiger partial charge in [0.05, 0.1) is 31.8 Å². The Kier molecular flexibility index (Phi) is 5.13. The molecule has 0 amide bonds. The van der Waals surface area contributed by atoms with Gasteiger partial charge >= 0.3 is 11.9 Å². The van der Waals surface area contributed by atoms with Crippen molar-refractivity contribution in [3.05, 3.63) is 84.3 Å². The summed E-state index contributed by atoms with van der Waals surface area (Å²) in [4.78, 5) is 25.3. The van der Waals surface area contributed by atoms with Gasteiger partial charge in [0.15, 0.2) is 5.69 Å². The molecule has 0 atom stereocenters. The fourth-order valence-electron chi connectivity index (χ4n) is 3.12. The van der Waals surface area contributed by atoms with Gasteiger partial charge in [0.2, 0.25) is 0 Å². The van der Waals surface area contributed by atoms with Crippen molar-refractivity contribution in [2.75, 3.05) is 14.2 Å². The molecule has 0 unspecified atom stereocenters. The van der Waals surface area contributed by atoms with E-state index in [1.54, 1.807) is 29.2 Å². The molecule has 2 aromatic carbocycles. The lowest BCUT2D eigenvalue weighted by Crippen LogP contribution is -2.15. The van der Waals surface area contributed by atoms with Gasteiger partial charge in [0.25, 0.3) is 0 Å². The van der Waals surface area contributed by atoms with Gasteiger partial charge in [0, 0.05) is 11.8 Å². The van der Waals surface area contributed by atoms with E-state index < -0.39 is 11.9 Å². The standard InChI is InChI=1S/C22H18N4O4/c1-29-21(27)18-19(15-13-23-25(14-15)16-9-5-3-6-10-16)24-26(20(18)22(28)30-2)17-11-7-4-8-12-17/h3-14H,1-2H3. The van der Waals surface area contributed by atoms with Crippen molar-refractivity contribution >= 4 is 11.9 Å². The summed E-state index contributed by atoms with van der Waals surface area (Å²) in [5, 5.41) is 8.92.